The first-order valence-corrected chi connectivity index (χ1v) is 9.26. The highest BCUT2D eigenvalue weighted by Crippen LogP contribution is 2.41. The molecule has 1 aliphatic heterocycles. The Morgan fingerprint density at radius 1 is 0.933 bits per heavy atom. The van der Waals surface area contributed by atoms with Gasteiger partial charge in [0.1, 0.15) is 5.69 Å². The van der Waals surface area contributed by atoms with E-state index >= 15 is 0 Å². The second-order valence-corrected chi connectivity index (χ2v) is 7.18. The minimum absolute atomic E-state index is 0.152. The lowest BCUT2D eigenvalue weighted by molar-refractivity contribution is -0.137. The van der Waals surface area contributed by atoms with Crippen molar-refractivity contribution in [1.82, 2.24) is 39.7 Å². The lowest BCUT2D eigenvalue weighted by Crippen LogP contribution is -2.22. The number of alkyl halides is 3. The van der Waals surface area contributed by atoms with Gasteiger partial charge < -0.3 is 4.57 Å². The Hall–Kier alpha value is -3.34. The lowest BCUT2D eigenvalue weighted by atomic mass is 10.1. The smallest absolute Gasteiger partial charge is 0.301 e. The van der Waals surface area contributed by atoms with Crippen LogP contribution in [0, 0.1) is 0 Å². The van der Waals surface area contributed by atoms with Crippen LogP contribution in [0.5, 0.6) is 0 Å². The molecule has 0 unspecified atom stereocenters. The van der Waals surface area contributed by atoms with Gasteiger partial charge in [-0.1, -0.05) is 17.7 Å². The summed E-state index contributed by atoms with van der Waals surface area (Å²) in [4.78, 5) is 0. The number of fused-ring (bicyclic) bond motifs is 3. The van der Waals surface area contributed by atoms with Gasteiger partial charge in [0.05, 0.1) is 16.6 Å². The normalized spacial score (nSPS) is 15.7. The molecule has 30 heavy (non-hydrogen) atoms. The first kappa shape index (κ1) is 18.7. The first-order chi connectivity index (χ1) is 14.4. The third kappa shape index (κ3) is 2.76. The van der Waals surface area contributed by atoms with Crippen molar-refractivity contribution in [2.45, 2.75) is 25.7 Å². The highest BCUT2D eigenvalue weighted by molar-refractivity contribution is 6.34. The number of nitrogens with zero attached hydrogens (tertiary/aromatic N) is 8. The van der Waals surface area contributed by atoms with Crippen LogP contribution < -0.4 is 0 Å². The minimum Gasteiger partial charge on any atom is -0.301 e. The quantitative estimate of drug-likeness (QED) is 0.477. The molecule has 5 rings (SSSR count). The zero-order valence-corrected chi connectivity index (χ0v) is 16.1. The number of hydrogen-bond donors (Lipinski definition) is 0. The fourth-order valence-electron chi connectivity index (χ4n) is 3.57. The predicted molar refractivity (Wildman–Crippen MR) is 100 cm³/mol. The van der Waals surface area contributed by atoms with Crippen LogP contribution in [0.25, 0.3) is 34.6 Å². The summed E-state index contributed by atoms with van der Waals surface area (Å²) in [5, 5.41) is 24.2. The Morgan fingerprint density at radius 2 is 1.67 bits per heavy atom. The molecule has 4 heterocycles. The molecule has 4 aromatic rings. The van der Waals surface area contributed by atoms with Gasteiger partial charge in [0.25, 0.3) is 0 Å². The molecule has 0 aliphatic carbocycles. The second-order valence-electron chi connectivity index (χ2n) is 6.80. The maximum atomic E-state index is 13.3. The van der Waals surface area contributed by atoms with E-state index in [2.05, 4.69) is 30.6 Å². The Bertz CT molecular complexity index is 1250. The molecule has 0 fully saturated rings. The zero-order chi connectivity index (χ0) is 21.0. The first-order valence-electron chi connectivity index (χ1n) is 8.89. The summed E-state index contributed by atoms with van der Waals surface area (Å²) >= 11 is 6.11. The number of halogens is 4. The number of aromatic nitrogens is 8. The Kier molecular flexibility index (Phi) is 4.10. The fraction of sp³-hybridized carbons (Fsp3) is 0.222. The largest absolute Gasteiger partial charge is 0.417 e. The van der Waals surface area contributed by atoms with Gasteiger partial charge in [0.15, 0.2) is 11.6 Å². The molecule has 0 amide bonds. The van der Waals surface area contributed by atoms with Crippen molar-refractivity contribution in [1.29, 1.82) is 0 Å². The van der Waals surface area contributed by atoms with Crippen molar-refractivity contribution in [3.8, 4) is 34.6 Å². The Labute approximate surface area is 172 Å². The summed E-state index contributed by atoms with van der Waals surface area (Å²) in [6.07, 6.45) is -3.02. The topological polar surface area (TPSA) is 87.2 Å². The fourth-order valence-corrected chi connectivity index (χ4v) is 3.88. The van der Waals surface area contributed by atoms with Gasteiger partial charge in [0, 0.05) is 18.3 Å². The second kappa shape index (κ2) is 6.59. The monoisotopic (exact) mass is 432 g/mol. The van der Waals surface area contributed by atoms with E-state index in [4.69, 9.17) is 11.6 Å². The van der Waals surface area contributed by atoms with Crippen molar-refractivity contribution in [3.63, 3.8) is 0 Å². The summed E-state index contributed by atoms with van der Waals surface area (Å²) in [6.45, 7) is 2.35. The highest BCUT2D eigenvalue weighted by atomic mass is 35.5. The van der Waals surface area contributed by atoms with Gasteiger partial charge in [-0.3, -0.25) is 4.57 Å². The Balaban J connectivity index is 1.66. The zero-order valence-electron chi connectivity index (χ0n) is 15.3. The van der Waals surface area contributed by atoms with Gasteiger partial charge in [-0.2, -0.15) is 18.3 Å². The van der Waals surface area contributed by atoms with Crippen LogP contribution in [0.3, 0.4) is 0 Å². The molecule has 1 atom stereocenters. The molecule has 3 aromatic heterocycles. The summed E-state index contributed by atoms with van der Waals surface area (Å²) in [5.41, 5.74) is -0.215. The van der Waals surface area contributed by atoms with Gasteiger partial charge in [-0.15, -0.1) is 25.5 Å². The van der Waals surface area contributed by atoms with E-state index in [-0.39, 0.29) is 17.4 Å². The molecular formula is C18H12ClF3N8. The maximum Gasteiger partial charge on any atom is 0.417 e. The summed E-state index contributed by atoms with van der Waals surface area (Å²) in [6, 6.07) is 7.04. The van der Waals surface area contributed by atoms with E-state index in [0.717, 1.165) is 6.07 Å². The maximum absolute atomic E-state index is 13.3. The molecule has 1 aromatic carbocycles. The molecule has 0 saturated heterocycles. The van der Waals surface area contributed by atoms with E-state index in [1.54, 1.807) is 22.9 Å². The van der Waals surface area contributed by atoms with Crippen molar-refractivity contribution >= 4 is 11.6 Å². The van der Waals surface area contributed by atoms with E-state index < -0.39 is 16.8 Å². The highest BCUT2D eigenvalue weighted by Gasteiger charge is 2.36. The predicted octanol–water partition coefficient (Wildman–Crippen LogP) is 3.91. The third-order valence-corrected chi connectivity index (χ3v) is 5.29. The average Bonchev–Trinajstić information content (AvgIpc) is 3.32. The summed E-state index contributed by atoms with van der Waals surface area (Å²) in [7, 11) is 0. The molecule has 8 nitrogen and oxygen atoms in total. The van der Waals surface area contributed by atoms with Gasteiger partial charge in [0.2, 0.25) is 11.6 Å². The van der Waals surface area contributed by atoms with Crippen LogP contribution in [0.2, 0.25) is 5.02 Å². The van der Waals surface area contributed by atoms with Gasteiger partial charge in [-0.25, -0.2) is 0 Å². The molecule has 0 bridgehead atoms. The average molecular weight is 433 g/mol. The van der Waals surface area contributed by atoms with Crippen LogP contribution in [-0.2, 0) is 12.7 Å². The van der Waals surface area contributed by atoms with Crippen LogP contribution >= 0.6 is 11.6 Å². The van der Waals surface area contributed by atoms with Gasteiger partial charge >= 0.3 is 6.18 Å². The van der Waals surface area contributed by atoms with Crippen molar-refractivity contribution in [2.75, 3.05) is 0 Å². The van der Waals surface area contributed by atoms with Crippen molar-refractivity contribution < 1.29 is 13.2 Å². The van der Waals surface area contributed by atoms with E-state index in [1.165, 1.54) is 12.1 Å². The molecule has 0 spiro atoms. The molecular weight excluding hydrogens is 421 g/mol. The molecule has 152 valence electrons. The van der Waals surface area contributed by atoms with Gasteiger partial charge in [-0.05, 0) is 31.2 Å². The van der Waals surface area contributed by atoms with E-state index in [0.29, 0.717) is 29.7 Å². The summed E-state index contributed by atoms with van der Waals surface area (Å²) < 4.78 is 43.4. The third-order valence-electron chi connectivity index (χ3n) is 4.88. The van der Waals surface area contributed by atoms with Crippen molar-refractivity contribution in [3.05, 3.63) is 47.1 Å². The van der Waals surface area contributed by atoms with E-state index in [1.807, 2.05) is 11.5 Å². The van der Waals surface area contributed by atoms with Crippen LogP contribution in [-0.4, -0.2) is 39.7 Å². The molecule has 1 aliphatic rings. The minimum atomic E-state index is -4.57. The SMILES string of the molecule is C[C@H]1Cn2c(-c3cccnn3)nnc2-c2nnc(-c3cccc(C(F)(F)F)c3Cl)n21. The lowest BCUT2D eigenvalue weighted by Gasteiger charge is -2.25. The van der Waals surface area contributed by atoms with E-state index in [9.17, 15) is 13.2 Å². The number of hydrogen-bond acceptors (Lipinski definition) is 6. The molecule has 0 N–H and O–H groups in total. The van der Waals surface area contributed by atoms with Crippen molar-refractivity contribution in [2.24, 2.45) is 0 Å². The Morgan fingerprint density at radius 3 is 2.40 bits per heavy atom. The number of rotatable bonds is 2. The van der Waals surface area contributed by atoms with Crippen LogP contribution in [0.1, 0.15) is 18.5 Å². The van der Waals surface area contributed by atoms with Crippen LogP contribution in [0.15, 0.2) is 36.5 Å². The summed E-state index contributed by atoms with van der Waals surface area (Å²) in [5.74, 6) is 1.59. The standard InChI is InChI=1S/C18H12ClF3N8/c1-9-8-29-15(12-6-3-7-23-24-12)26-27-16(29)17-28-25-14(30(9)17)10-4-2-5-11(13(10)19)18(20,21)22/h2-7,9H,8H2,1H3/t9-/m0/s1. The molecule has 0 radical (unpaired) electrons. The molecule has 12 heteroatoms. The number of benzene rings is 1. The molecule has 0 saturated carbocycles. The van der Waals surface area contributed by atoms with Crippen LogP contribution in [0.4, 0.5) is 13.2 Å².